The highest BCUT2D eigenvalue weighted by Gasteiger charge is 2.18. The lowest BCUT2D eigenvalue weighted by molar-refractivity contribution is 0.0515. The maximum Gasteiger partial charge on any atom is 0.407 e. The summed E-state index contributed by atoms with van der Waals surface area (Å²) < 4.78 is 5.18. The quantitative estimate of drug-likeness (QED) is 0.786. The van der Waals surface area contributed by atoms with Gasteiger partial charge in [-0.3, -0.25) is 0 Å². The van der Waals surface area contributed by atoms with Gasteiger partial charge in [0, 0.05) is 13.7 Å². The molecular formula is C13H27NO3. The zero-order chi connectivity index (χ0) is 13.3. The van der Waals surface area contributed by atoms with Crippen LogP contribution >= 0.6 is 0 Å². The van der Waals surface area contributed by atoms with Crippen molar-refractivity contribution in [2.24, 2.45) is 5.92 Å². The molecule has 1 amide bonds. The molecule has 0 heterocycles. The van der Waals surface area contributed by atoms with E-state index in [1.807, 2.05) is 20.8 Å². The molecule has 1 aliphatic carbocycles. The molecule has 0 atom stereocenters. The van der Waals surface area contributed by atoms with E-state index in [1.165, 1.54) is 32.1 Å². The van der Waals surface area contributed by atoms with Crippen LogP contribution in [-0.2, 0) is 4.74 Å². The summed E-state index contributed by atoms with van der Waals surface area (Å²) in [6.45, 7) is 6.42. The summed E-state index contributed by atoms with van der Waals surface area (Å²) in [6.07, 6.45) is 6.17. The van der Waals surface area contributed by atoms with Crippen molar-refractivity contribution in [2.45, 2.75) is 58.5 Å². The number of rotatable bonds is 2. The Labute approximate surface area is 105 Å². The zero-order valence-corrected chi connectivity index (χ0v) is 11.6. The van der Waals surface area contributed by atoms with Crippen LogP contribution in [-0.4, -0.2) is 30.5 Å². The van der Waals surface area contributed by atoms with E-state index in [0.717, 1.165) is 13.7 Å². The van der Waals surface area contributed by atoms with Crippen molar-refractivity contribution in [3.8, 4) is 0 Å². The molecule has 0 unspecified atom stereocenters. The number of carbonyl (C=O) groups excluding carboxylic acids is 1. The van der Waals surface area contributed by atoms with Crippen molar-refractivity contribution in [3.05, 3.63) is 0 Å². The summed E-state index contributed by atoms with van der Waals surface area (Å²) in [7, 11) is 1.00. The Balaban J connectivity index is 0.00000121. The number of hydrogen-bond acceptors (Lipinski definition) is 3. The first-order chi connectivity index (χ1) is 7.97. The Morgan fingerprint density at radius 1 is 1.24 bits per heavy atom. The molecule has 0 spiro atoms. The Morgan fingerprint density at radius 3 is 2.24 bits per heavy atom. The van der Waals surface area contributed by atoms with Gasteiger partial charge in [0.2, 0.25) is 0 Å². The van der Waals surface area contributed by atoms with E-state index in [-0.39, 0.29) is 6.09 Å². The van der Waals surface area contributed by atoms with Gasteiger partial charge in [0.25, 0.3) is 0 Å². The van der Waals surface area contributed by atoms with E-state index in [0.29, 0.717) is 5.92 Å². The van der Waals surface area contributed by atoms with Crippen molar-refractivity contribution in [1.29, 1.82) is 0 Å². The molecule has 1 saturated carbocycles. The molecule has 0 aromatic carbocycles. The van der Waals surface area contributed by atoms with Gasteiger partial charge >= 0.3 is 6.09 Å². The highest BCUT2D eigenvalue weighted by Crippen LogP contribution is 2.22. The first-order valence-electron chi connectivity index (χ1n) is 6.39. The van der Waals surface area contributed by atoms with Gasteiger partial charge in [0.15, 0.2) is 0 Å². The molecule has 0 aromatic heterocycles. The first kappa shape index (κ1) is 16.2. The molecule has 17 heavy (non-hydrogen) atoms. The molecular weight excluding hydrogens is 218 g/mol. The summed E-state index contributed by atoms with van der Waals surface area (Å²) in [5, 5.41) is 9.85. The van der Waals surface area contributed by atoms with Crippen LogP contribution in [0, 0.1) is 5.92 Å². The van der Waals surface area contributed by atoms with Gasteiger partial charge in [0.1, 0.15) is 5.60 Å². The third-order valence-corrected chi connectivity index (χ3v) is 2.66. The molecule has 4 heteroatoms. The molecule has 2 N–H and O–H groups in total. The van der Waals surface area contributed by atoms with E-state index < -0.39 is 5.60 Å². The number of alkyl carbamates (subject to hydrolysis) is 1. The SMILES string of the molecule is CC(C)(C)OC(=O)NCC1CCCCC1.CO. The van der Waals surface area contributed by atoms with Crippen LogP contribution in [0.4, 0.5) is 4.79 Å². The fourth-order valence-electron chi connectivity index (χ4n) is 1.93. The lowest BCUT2D eigenvalue weighted by atomic mass is 9.89. The summed E-state index contributed by atoms with van der Waals surface area (Å²) in [5.41, 5.74) is -0.392. The van der Waals surface area contributed by atoms with E-state index >= 15 is 0 Å². The Morgan fingerprint density at radius 2 is 1.76 bits per heavy atom. The van der Waals surface area contributed by atoms with Gasteiger partial charge in [-0.1, -0.05) is 19.3 Å². The van der Waals surface area contributed by atoms with Crippen molar-refractivity contribution < 1.29 is 14.6 Å². The molecule has 0 saturated heterocycles. The van der Waals surface area contributed by atoms with Crippen molar-refractivity contribution >= 4 is 6.09 Å². The predicted octanol–water partition coefficient (Wildman–Crippen LogP) is 2.70. The van der Waals surface area contributed by atoms with Gasteiger partial charge < -0.3 is 15.2 Å². The second kappa shape index (κ2) is 8.34. The molecule has 1 rings (SSSR count). The average molecular weight is 245 g/mol. The summed E-state index contributed by atoms with van der Waals surface area (Å²) in [4.78, 5) is 11.4. The van der Waals surface area contributed by atoms with Gasteiger partial charge in [-0.05, 0) is 39.5 Å². The van der Waals surface area contributed by atoms with Crippen molar-refractivity contribution in [3.63, 3.8) is 0 Å². The van der Waals surface area contributed by atoms with Gasteiger partial charge in [-0.2, -0.15) is 0 Å². The van der Waals surface area contributed by atoms with Crippen molar-refractivity contribution in [2.75, 3.05) is 13.7 Å². The maximum atomic E-state index is 11.4. The summed E-state index contributed by atoms with van der Waals surface area (Å²) >= 11 is 0. The second-order valence-electron chi connectivity index (χ2n) is 5.39. The van der Waals surface area contributed by atoms with Crippen LogP contribution in [0.5, 0.6) is 0 Å². The van der Waals surface area contributed by atoms with Crippen LogP contribution in [0.3, 0.4) is 0 Å². The molecule has 0 radical (unpaired) electrons. The number of aliphatic hydroxyl groups is 1. The van der Waals surface area contributed by atoms with Crippen LogP contribution in [0.25, 0.3) is 0 Å². The van der Waals surface area contributed by atoms with Crippen LogP contribution in [0.15, 0.2) is 0 Å². The molecule has 4 nitrogen and oxygen atoms in total. The van der Waals surface area contributed by atoms with E-state index in [9.17, 15) is 4.79 Å². The summed E-state index contributed by atoms with van der Waals surface area (Å²) in [5.74, 6) is 0.659. The van der Waals surface area contributed by atoms with Gasteiger partial charge in [0.05, 0.1) is 0 Å². The number of carbonyl (C=O) groups is 1. The monoisotopic (exact) mass is 245 g/mol. The van der Waals surface area contributed by atoms with E-state index in [2.05, 4.69) is 5.32 Å². The first-order valence-corrected chi connectivity index (χ1v) is 6.39. The highest BCUT2D eigenvalue weighted by atomic mass is 16.6. The molecule has 0 aromatic rings. The smallest absolute Gasteiger partial charge is 0.407 e. The van der Waals surface area contributed by atoms with Crippen LogP contribution in [0.1, 0.15) is 52.9 Å². The molecule has 0 aliphatic heterocycles. The molecule has 102 valence electrons. The summed E-state index contributed by atoms with van der Waals surface area (Å²) in [6, 6.07) is 0. The standard InChI is InChI=1S/C12H23NO2.CH4O/c1-12(2,3)15-11(14)13-9-10-7-5-4-6-8-10;1-2/h10H,4-9H2,1-3H3,(H,13,14);2H,1H3. The molecule has 0 bridgehead atoms. The minimum absolute atomic E-state index is 0.284. The van der Waals surface area contributed by atoms with E-state index in [1.54, 1.807) is 0 Å². The maximum absolute atomic E-state index is 11.4. The zero-order valence-electron chi connectivity index (χ0n) is 11.6. The van der Waals surface area contributed by atoms with Gasteiger partial charge in [-0.15, -0.1) is 0 Å². The van der Waals surface area contributed by atoms with E-state index in [4.69, 9.17) is 9.84 Å². The Hall–Kier alpha value is -0.770. The number of nitrogens with one attached hydrogen (secondary N) is 1. The fraction of sp³-hybridized carbons (Fsp3) is 0.923. The Bertz CT molecular complexity index is 205. The number of amides is 1. The van der Waals surface area contributed by atoms with Crippen LogP contribution in [0.2, 0.25) is 0 Å². The van der Waals surface area contributed by atoms with Gasteiger partial charge in [-0.25, -0.2) is 4.79 Å². The second-order valence-corrected chi connectivity index (χ2v) is 5.39. The third kappa shape index (κ3) is 8.98. The predicted molar refractivity (Wildman–Crippen MR) is 69.0 cm³/mol. The fourth-order valence-corrected chi connectivity index (χ4v) is 1.93. The number of aliphatic hydroxyl groups excluding tert-OH is 1. The normalized spacial score (nSPS) is 16.8. The number of ether oxygens (including phenoxy) is 1. The lowest BCUT2D eigenvalue weighted by Gasteiger charge is -2.24. The minimum atomic E-state index is -0.392. The molecule has 1 aliphatic rings. The topological polar surface area (TPSA) is 58.6 Å². The Kier molecular flexibility index (Phi) is 7.96. The van der Waals surface area contributed by atoms with Crippen LogP contribution < -0.4 is 5.32 Å². The lowest BCUT2D eigenvalue weighted by Crippen LogP contribution is -2.35. The highest BCUT2D eigenvalue weighted by molar-refractivity contribution is 5.67. The average Bonchev–Trinajstić information content (AvgIpc) is 2.28. The van der Waals surface area contributed by atoms with Crippen molar-refractivity contribution in [1.82, 2.24) is 5.32 Å². The largest absolute Gasteiger partial charge is 0.444 e. The molecule has 1 fully saturated rings. The minimum Gasteiger partial charge on any atom is -0.444 e. The number of hydrogen-bond donors (Lipinski definition) is 2. The third-order valence-electron chi connectivity index (χ3n) is 2.66.